The molecule has 0 radical (unpaired) electrons. The number of hydrogen-bond acceptors (Lipinski definition) is 5. The zero-order valence-corrected chi connectivity index (χ0v) is 11.4. The molecule has 2 rings (SSSR count). The molecule has 0 aliphatic carbocycles. The van der Waals surface area contributed by atoms with Crippen LogP contribution in [0.1, 0.15) is 25.7 Å². The summed E-state index contributed by atoms with van der Waals surface area (Å²) in [5.41, 5.74) is 5.97. The second kappa shape index (κ2) is 6.50. The molecule has 5 heteroatoms. The molecule has 0 saturated carbocycles. The molecule has 2 aliphatic rings. The van der Waals surface area contributed by atoms with Crippen LogP contribution in [0.3, 0.4) is 0 Å². The number of thioether (sulfide) groups is 1. The van der Waals surface area contributed by atoms with Crippen LogP contribution in [-0.4, -0.2) is 54.7 Å². The zero-order valence-electron chi connectivity index (χ0n) is 10.6. The summed E-state index contributed by atoms with van der Waals surface area (Å²) in [6.07, 6.45) is 7.32. The number of nitrogens with zero attached hydrogens (tertiary/aromatic N) is 2. The number of ether oxygens (including phenoxy) is 1. The Morgan fingerprint density at radius 3 is 3.18 bits per heavy atom. The van der Waals surface area contributed by atoms with E-state index >= 15 is 0 Å². The first-order valence-electron chi connectivity index (χ1n) is 6.48. The summed E-state index contributed by atoms with van der Waals surface area (Å²) >= 11 is 1.91. The Morgan fingerprint density at radius 1 is 1.59 bits per heavy atom. The van der Waals surface area contributed by atoms with Gasteiger partial charge >= 0.3 is 0 Å². The van der Waals surface area contributed by atoms with Gasteiger partial charge in [0.2, 0.25) is 0 Å². The van der Waals surface area contributed by atoms with Gasteiger partial charge in [0.25, 0.3) is 0 Å². The average Bonchev–Trinajstić information content (AvgIpc) is 2.94. The van der Waals surface area contributed by atoms with Crippen molar-refractivity contribution in [3.8, 4) is 0 Å². The maximum Gasteiger partial charge on any atom is 0.191 e. The van der Waals surface area contributed by atoms with E-state index in [1.807, 2.05) is 11.8 Å². The Hall–Kier alpha value is -0.420. The average molecular weight is 257 g/mol. The van der Waals surface area contributed by atoms with Gasteiger partial charge in [0.05, 0.1) is 18.7 Å². The van der Waals surface area contributed by atoms with Crippen molar-refractivity contribution in [3.63, 3.8) is 0 Å². The molecule has 98 valence electrons. The predicted octanol–water partition coefficient (Wildman–Crippen LogP) is 1.31. The molecule has 1 fully saturated rings. The van der Waals surface area contributed by atoms with E-state index in [9.17, 15) is 0 Å². The fourth-order valence-electron chi connectivity index (χ4n) is 2.54. The van der Waals surface area contributed by atoms with E-state index in [1.54, 1.807) is 0 Å². The molecule has 0 spiro atoms. The summed E-state index contributed by atoms with van der Waals surface area (Å²) < 4.78 is 5.68. The Morgan fingerprint density at radius 2 is 2.47 bits per heavy atom. The van der Waals surface area contributed by atoms with E-state index in [0.29, 0.717) is 12.1 Å². The summed E-state index contributed by atoms with van der Waals surface area (Å²) in [6, 6.07) is 0.506. The lowest BCUT2D eigenvalue weighted by molar-refractivity contribution is 0.0844. The van der Waals surface area contributed by atoms with Crippen LogP contribution in [0.2, 0.25) is 0 Å². The highest BCUT2D eigenvalue weighted by molar-refractivity contribution is 7.98. The molecule has 0 aromatic heterocycles. The fraction of sp³-hybridized carbons (Fsp3) is 0.917. The quantitative estimate of drug-likeness (QED) is 0.729. The van der Waals surface area contributed by atoms with Gasteiger partial charge in [0.1, 0.15) is 0 Å². The molecule has 2 heterocycles. The van der Waals surface area contributed by atoms with Gasteiger partial charge in [-0.1, -0.05) is 0 Å². The number of nitrogens with two attached hydrogens (primary N) is 1. The summed E-state index contributed by atoms with van der Waals surface area (Å²) in [5, 5.41) is 0. The first kappa shape index (κ1) is 13.0. The Labute approximate surface area is 108 Å². The molecular weight excluding hydrogens is 234 g/mol. The van der Waals surface area contributed by atoms with E-state index in [0.717, 1.165) is 25.7 Å². The molecule has 4 nitrogen and oxygen atoms in total. The van der Waals surface area contributed by atoms with Crippen LogP contribution in [0, 0.1) is 0 Å². The molecule has 2 atom stereocenters. The molecule has 1 saturated heterocycles. The van der Waals surface area contributed by atoms with Crippen LogP contribution in [-0.2, 0) is 4.74 Å². The normalized spacial score (nSPS) is 28.8. The lowest BCUT2D eigenvalue weighted by atomic mass is 10.1. The molecule has 0 amide bonds. The molecule has 0 aromatic rings. The molecule has 17 heavy (non-hydrogen) atoms. The van der Waals surface area contributed by atoms with Gasteiger partial charge in [-0.15, -0.1) is 0 Å². The van der Waals surface area contributed by atoms with Gasteiger partial charge in [0.15, 0.2) is 5.96 Å². The van der Waals surface area contributed by atoms with E-state index in [-0.39, 0.29) is 0 Å². The van der Waals surface area contributed by atoms with Crippen molar-refractivity contribution in [2.45, 2.75) is 37.8 Å². The highest BCUT2D eigenvalue weighted by Crippen LogP contribution is 2.19. The number of aliphatic imine (C=N–C) groups is 1. The number of guanidine groups is 1. The molecule has 0 aromatic carbocycles. The molecule has 0 bridgehead atoms. The smallest absolute Gasteiger partial charge is 0.191 e. The number of hydrogen-bond donors (Lipinski definition) is 1. The third kappa shape index (κ3) is 3.52. The molecule has 2 N–H and O–H groups in total. The van der Waals surface area contributed by atoms with E-state index < -0.39 is 0 Å². The van der Waals surface area contributed by atoms with Gasteiger partial charge in [0, 0.05) is 13.2 Å². The van der Waals surface area contributed by atoms with Crippen LogP contribution in [0.4, 0.5) is 0 Å². The van der Waals surface area contributed by atoms with Crippen molar-refractivity contribution in [1.82, 2.24) is 4.90 Å². The van der Waals surface area contributed by atoms with Crippen LogP contribution >= 0.6 is 11.8 Å². The van der Waals surface area contributed by atoms with E-state index in [1.165, 1.54) is 31.4 Å². The molecular formula is C12H23N3OS. The Balaban J connectivity index is 1.80. The Bertz CT molecular complexity index is 266. The maximum absolute atomic E-state index is 5.97. The summed E-state index contributed by atoms with van der Waals surface area (Å²) in [6.45, 7) is 2.71. The van der Waals surface area contributed by atoms with Gasteiger partial charge in [-0.25, -0.2) is 0 Å². The minimum Gasteiger partial charge on any atom is -0.376 e. The van der Waals surface area contributed by atoms with Crippen molar-refractivity contribution in [1.29, 1.82) is 0 Å². The van der Waals surface area contributed by atoms with Crippen molar-refractivity contribution < 1.29 is 4.74 Å². The van der Waals surface area contributed by atoms with Crippen LogP contribution in [0.15, 0.2) is 4.99 Å². The van der Waals surface area contributed by atoms with Crippen LogP contribution < -0.4 is 5.73 Å². The van der Waals surface area contributed by atoms with Crippen LogP contribution in [0.25, 0.3) is 0 Å². The first-order chi connectivity index (χ1) is 8.31. The molecule has 2 unspecified atom stereocenters. The van der Waals surface area contributed by atoms with E-state index in [4.69, 9.17) is 10.5 Å². The van der Waals surface area contributed by atoms with E-state index in [2.05, 4.69) is 16.1 Å². The van der Waals surface area contributed by atoms with Gasteiger partial charge in [-0.2, -0.15) is 11.8 Å². The maximum atomic E-state index is 5.97. The molecule has 2 aliphatic heterocycles. The highest BCUT2D eigenvalue weighted by Gasteiger charge is 2.29. The first-order valence-corrected chi connectivity index (χ1v) is 7.87. The van der Waals surface area contributed by atoms with Gasteiger partial charge in [-0.05, 0) is 37.7 Å². The largest absolute Gasteiger partial charge is 0.376 e. The lowest BCUT2D eigenvalue weighted by Crippen LogP contribution is -2.44. The minimum absolute atomic E-state index is 0.366. The van der Waals surface area contributed by atoms with Crippen molar-refractivity contribution in [3.05, 3.63) is 0 Å². The second-order valence-electron chi connectivity index (χ2n) is 4.78. The van der Waals surface area contributed by atoms with Crippen molar-refractivity contribution in [2.24, 2.45) is 10.7 Å². The second-order valence-corrected chi connectivity index (χ2v) is 5.76. The van der Waals surface area contributed by atoms with Crippen molar-refractivity contribution >= 4 is 17.7 Å². The summed E-state index contributed by atoms with van der Waals surface area (Å²) in [5.74, 6) is 1.94. The summed E-state index contributed by atoms with van der Waals surface area (Å²) in [7, 11) is 0. The van der Waals surface area contributed by atoms with Gasteiger partial charge < -0.3 is 15.4 Å². The SMILES string of the molecule is CSCCCC1CN=C(N)N1CC1CCCO1. The third-order valence-corrected chi connectivity index (χ3v) is 4.21. The predicted molar refractivity (Wildman–Crippen MR) is 73.6 cm³/mol. The van der Waals surface area contributed by atoms with Gasteiger partial charge in [-0.3, -0.25) is 4.99 Å². The number of rotatable bonds is 6. The van der Waals surface area contributed by atoms with Crippen molar-refractivity contribution in [2.75, 3.05) is 31.7 Å². The highest BCUT2D eigenvalue weighted by atomic mass is 32.2. The zero-order chi connectivity index (χ0) is 12.1. The third-order valence-electron chi connectivity index (χ3n) is 3.51. The standard InChI is InChI=1S/C12H23N3OS/c1-17-7-3-4-10-8-14-12(13)15(10)9-11-5-2-6-16-11/h10-11H,2-9H2,1H3,(H2,13,14). The Kier molecular flexibility index (Phi) is 4.98. The monoisotopic (exact) mass is 257 g/mol. The lowest BCUT2D eigenvalue weighted by Gasteiger charge is -2.28. The topological polar surface area (TPSA) is 50.8 Å². The fourth-order valence-corrected chi connectivity index (χ4v) is 2.99. The minimum atomic E-state index is 0.366. The summed E-state index contributed by atoms with van der Waals surface area (Å²) in [4.78, 5) is 6.64. The van der Waals surface area contributed by atoms with Crippen LogP contribution in [0.5, 0.6) is 0 Å².